The zero-order valence-electron chi connectivity index (χ0n) is 14.8. The van der Waals surface area contributed by atoms with Crippen LogP contribution in [0.3, 0.4) is 0 Å². The lowest BCUT2D eigenvalue weighted by atomic mass is 9.94. The second-order valence-corrected chi connectivity index (χ2v) is 8.35. The summed E-state index contributed by atoms with van der Waals surface area (Å²) in [6, 6.07) is 8.65. The fourth-order valence-corrected chi connectivity index (χ4v) is 2.59. The Hall–Kier alpha value is -1.93. The molecule has 1 atom stereocenters. The topological polar surface area (TPSA) is 107 Å². The van der Waals surface area contributed by atoms with E-state index in [1.807, 2.05) is 0 Å². The van der Waals surface area contributed by atoms with Gasteiger partial charge in [-0.15, -0.1) is 0 Å². The summed E-state index contributed by atoms with van der Waals surface area (Å²) in [5, 5.41) is 8.52. The average molecular weight is 372 g/mol. The van der Waals surface area contributed by atoms with Gasteiger partial charge in [0.15, 0.2) is 6.10 Å². The van der Waals surface area contributed by atoms with Crippen LogP contribution in [0.25, 0.3) is 0 Å². The Labute approximate surface area is 148 Å². The molecule has 25 heavy (non-hydrogen) atoms. The Balaban J connectivity index is 0.000000359. The number of benzene rings is 1. The minimum atomic E-state index is -3.87. The molecule has 3 rings (SSSR count). The Bertz CT molecular complexity index is 692. The highest BCUT2D eigenvalue weighted by Gasteiger charge is 2.29. The number of hydrogen-bond donors (Lipinski definition) is 1. The fraction of sp³-hybridized carbons (Fsp3) is 0.529. The maximum atomic E-state index is 11.6. The van der Waals surface area contributed by atoms with Gasteiger partial charge < -0.3 is 9.84 Å². The van der Waals surface area contributed by atoms with Gasteiger partial charge in [-0.25, -0.2) is 4.79 Å². The quantitative estimate of drug-likeness (QED) is 0.611. The van der Waals surface area contributed by atoms with E-state index in [9.17, 15) is 18.0 Å². The molecular formula is C17H24O7S. The number of ether oxygens (including phenoxy) is 1. The molecule has 0 saturated carbocycles. The smallest absolute Gasteiger partial charge is 0.337 e. The minimum absolute atomic E-state index is 0.267. The molecule has 0 heterocycles. The van der Waals surface area contributed by atoms with Crippen LogP contribution in [-0.2, 0) is 35.0 Å². The van der Waals surface area contributed by atoms with Crippen molar-refractivity contribution in [2.45, 2.75) is 51.7 Å². The third-order valence-electron chi connectivity index (χ3n) is 2.98. The Morgan fingerprint density at radius 3 is 2.04 bits per heavy atom. The van der Waals surface area contributed by atoms with Crippen LogP contribution < -0.4 is 0 Å². The van der Waals surface area contributed by atoms with Crippen LogP contribution in [0, 0.1) is 0 Å². The highest BCUT2D eigenvalue weighted by atomic mass is 32.2. The molecule has 2 aliphatic rings. The molecule has 0 aliphatic heterocycles. The summed E-state index contributed by atoms with van der Waals surface area (Å²) >= 11 is 0. The van der Waals surface area contributed by atoms with E-state index in [2.05, 4.69) is 28.4 Å². The molecule has 0 amide bonds. The second-order valence-electron chi connectivity index (χ2n) is 6.75. The number of hydrogen-bond acceptors (Lipinski definition) is 6. The number of aliphatic carboxylic acids is 1. The molecule has 8 heteroatoms. The number of esters is 1. The van der Waals surface area contributed by atoms with Crippen molar-refractivity contribution in [2.75, 3.05) is 6.26 Å². The van der Waals surface area contributed by atoms with Crippen LogP contribution in [-0.4, -0.2) is 43.4 Å². The predicted octanol–water partition coefficient (Wildman–Crippen LogP) is 2.13. The standard InChI is InChI=1S/C10H18O7S.C7H6/c1-10(2,3)16-9(13)7(5-6-8(11)12)17-18(4,14)15;1-2-6-4-7(3-1)5-6/h7H,5-6H2,1-4H3,(H,11,12);1-4H,5H2. The summed E-state index contributed by atoms with van der Waals surface area (Å²) in [7, 11) is -3.87. The SMILES string of the molecule is CC(C)(C)OC(=O)C(CCC(=O)O)OS(C)(=O)=O.c1cc2cc(c1)C2. The van der Waals surface area contributed by atoms with E-state index in [1.165, 1.54) is 17.5 Å². The van der Waals surface area contributed by atoms with Gasteiger partial charge in [-0.2, -0.15) is 8.42 Å². The third-order valence-corrected chi connectivity index (χ3v) is 3.56. The molecule has 2 bridgehead atoms. The van der Waals surface area contributed by atoms with Crippen molar-refractivity contribution < 1.29 is 32.0 Å². The summed E-state index contributed by atoms with van der Waals surface area (Å²) in [5.41, 5.74) is 2.16. The van der Waals surface area contributed by atoms with Crippen LogP contribution >= 0.6 is 0 Å². The second kappa shape index (κ2) is 8.44. The maximum absolute atomic E-state index is 11.6. The van der Waals surface area contributed by atoms with E-state index in [1.54, 1.807) is 20.8 Å². The highest BCUT2D eigenvalue weighted by Crippen LogP contribution is 2.19. The predicted molar refractivity (Wildman–Crippen MR) is 91.7 cm³/mol. The van der Waals surface area contributed by atoms with Gasteiger partial charge in [0.25, 0.3) is 10.1 Å². The summed E-state index contributed by atoms with van der Waals surface area (Å²) in [4.78, 5) is 22.1. The number of rotatable bonds is 6. The molecule has 1 aromatic rings. The molecule has 1 aromatic carbocycles. The summed E-state index contributed by atoms with van der Waals surface area (Å²) in [6.45, 7) is 4.83. The molecule has 1 unspecified atom stereocenters. The fourth-order valence-electron chi connectivity index (χ4n) is 1.99. The molecule has 0 radical (unpaired) electrons. The van der Waals surface area contributed by atoms with Crippen LogP contribution in [0.4, 0.5) is 0 Å². The summed E-state index contributed by atoms with van der Waals surface area (Å²) in [5.74, 6) is -2.05. The Morgan fingerprint density at radius 2 is 1.76 bits per heavy atom. The average Bonchev–Trinajstić information content (AvgIpc) is 2.41. The van der Waals surface area contributed by atoms with Gasteiger partial charge in [-0.05, 0) is 44.7 Å². The monoisotopic (exact) mass is 372 g/mol. The molecule has 7 nitrogen and oxygen atoms in total. The largest absolute Gasteiger partial charge is 0.481 e. The number of carbonyl (C=O) groups excluding carboxylic acids is 1. The van der Waals surface area contributed by atoms with E-state index >= 15 is 0 Å². The first-order valence-corrected chi connectivity index (χ1v) is 9.58. The normalized spacial score (nSPS) is 13.8. The molecule has 0 saturated heterocycles. The zero-order chi connectivity index (χ0) is 19.3. The van der Waals surface area contributed by atoms with E-state index < -0.39 is 33.8 Å². The van der Waals surface area contributed by atoms with E-state index in [-0.39, 0.29) is 12.8 Å². The van der Waals surface area contributed by atoms with Crippen LogP contribution in [0.2, 0.25) is 0 Å². The van der Waals surface area contributed by atoms with Gasteiger partial charge in [0.1, 0.15) is 5.60 Å². The number of carbonyl (C=O) groups is 2. The van der Waals surface area contributed by atoms with Crippen LogP contribution in [0.1, 0.15) is 44.7 Å². The summed E-state index contributed by atoms with van der Waals surface area (Å²) < 4.78 is 31.4. The lowest BCUT2D eigenvalue weighted by Crippen LogP contribution is -2.35. The molecule has 2 aliphatic carbocycles. The van der Waals surface area contributed by atoms with Gasteiger partial charge in [-0.1, -0.05) is 24.3 Å². The molecule has 140 valence electrons. The number of carboxylic acids is 1. The minimum Gasteiger partial charge on any atom is -0.481 e. The van der Waals surface area contributed by atoms with Crippen molar-refractivity contribution in [1.82, 2.24) is 0 Å². The Kier molecular flexibility index (Phi) is 7.13. The first-order chi connectivity index (χ1) is 11.4. The first kappa shape index (κ1) is 21.1. The first-order valence-electron chi connectivity index (χ1n) is 7.76. The molecule has 1 N–H and O–H groups in total. The third kappa shape index (κ3) is 9.21. The molecule has 0 fully saturated rings. The van der Waals surface area contributed by atoms with Crippen molar-refractivity contribution in [3.05, 3.63) is 35.4 Å². The van der Waals surface area contributed by atoms with Crippen molar-refractivity contribution in [1.29, 1.82) is 0 Å². The van der Waals surface area contributed by atoms with Gasteiger partial charge >= 0.3 is 11.9 Å². The molecule has 0 aromatic heterocycles. The van der Waals surface area contributed by atoms with E-state index in [0.29, 0.717) is 0 Å². The molecule has 0 spiro atoms. The highest BCUT2D eigenvalue weighted by molar-refractivity contribution is 7.86. The lowest BCUT2D eigenvalue weighted by molar-refractivity contribution is -0.163. The lowest BCUT2D eigenvalue weighted by Gasteiger charge is -2.23. The summed E-state index contributed by atoms with van der Waals surface area (Å²) in [6.07, 6.45) is -0.0893. The maximum Gasteiger partial charge on any atom is 0.337 e. The van der Waals surface area contributed by atoms with Crippen LogP contribution in [0.15, 0.2) is 24.3 Å². The molecular weight excluding hydrogens is 348 g/mol. The van der Waals surface area contributed by atoms with E-state index in [0.717, 1.165) is 6.26 Å². The van der Waals surface area contributed by atoms with Gasteiger partial charge in [0.2, 0.25) is 0 Å². The van der Waals surface area contributed by atoms with Gasteiger partial charge in [-0.3, -0.25) is 8.98 Å². The Morgan fingerprint density at radius 1 is 1.24 bits per heavy atom. The number of carboxylic acid groups (broad SMARTS) is 1. The van der Waals surface area contributed by atoms with Crippen molar-refractivity contribution in [3.63, 3.8) is 0 Å². The van der Waals surface area contributed by atoms with Gasteiger partial charge in [0, 0.05) is 6.42 Å². The van der Waals surface area contributed by atoms with Crippen LogP contribution in [0.5, 0.6) is 0 Å². The van der Waals surface area contributed by atoms with Crippen molar-refractivity contribution in [2.24, 2.45) is 0 Å². The zero-order valence-corrected chi connectivity index (χ0v) is 15.6. The van der Waals surface area contributed by atoms with Gasteiger partial charge in [0.05, 0.1) is 6.26 Å². The van der Waals surface area contributed by atoms with Crippen molar-refractivity contribution >= 4 is 22.1 Å². The van der Waals surface area contributed by atoms with E-state index in [4.69, 9.17) is 9.84 Å². The number of fused-ring (bicyclic) bond motifs is 2. The van der Waals surface area contributed by atoms with Crippen molar-refractivity contribution in [3.8, 4) is 0 Å².